The van der Waals surface area contributed by atoms with E-state index in [-0.39, 0.29) is 5.91 Å². The van der Waals surface area contributed by atoms with Gasteiger partial charge < -0.3 is 15.1 Å². The summed E-state index contributed by atoms with van der Waals surface area (Å²) in [5.41, 5.74) is 3.67. The van der Waals surface area contributed by atoms with Gasteiger partial charge in [0.1, 0.15) is 0 Å². The highest BCUT2D eigenvalue weighted by molar-refractivity contribution is 5.95. The number of likely N-dealkylation sites (N-methyl/N-ethyl adjacent to an activating group) is 1. The topological polar surface area (TPSA) is 48.5 Å². The average molecular weight is 324 g/mol. The molecule has 0 spiro atoms. The molecule has 0 bridgehead atoms. The molecule has 0 unspecified atom stereocenters. The lowest BCUT2D eigenvalue weighted by Gasteiger charge is -2.34. The van der Waals surface area contributed by atoms with E-state index >= 15 is 0 Å². The Bertz CT molecular complexity index is 691. The number of anilines is 2. The fraction of sp³-hybridized carbons (Fsp3) is 0.368. The van der Waals surface area contributed by atoms with E-state index in [2.05, 4.69) is 41.2 Å². The first-order valence-electron chi connectivity index (χ1n) is 8.46. The molecule has 3 rings (SSSR count). The van der Waals surface area contributed by atoms with E-state index in [9.17, 15) is 4.79 Å². The van der Waals surface area contributed by atoms with Crippen molar-refractivity contribution in [3.8, 4) is 0 Å². The van der Waals surface area contributed by atoms with E-state index in [1.807, 2.05) is 23.1 Å². The number of hydrogen-bond acceptors (Lipinski definition) is 4. The highest BCUT2D eigenvalue weighted by Crippen LogP contribution is 2.18. The number of benzene rings is 1. The molecule has 2 aromatic rings. The molecule has 2 heterocycles. The molecule has 5 heteroatoms. The van der Waals surface area contributed by atoms with Gasteiger partial charge in [-0.3, -0.25) is 9.78 Å². The van der Waals surface area contributed by atoms with Crippen LogP contribution in [-0.4, -0.2) is 53.4 Å². The van der Waals surface area contributed by atoms with Crippen LogP contribution < -0.4 is 5.32 Å². The smallest absolute Gasteiger partial charge is 0.255 e. The molecule has 24 heavy (non-hydrogen) atoms. The Morgan fingerprint density at radius 3 is 2.46 bits per heavy atom. The molecule has 0 atom stereocenters. The Labute approximate surface area is 143 Å². The summed E-state index contributed by atoms with van der Waals surface area (Å²) in [7, 11) is 0. The SMILES string of the molecule is CCN1CCN(C(=O)c2cncc(Nc3ccc(C)cc3)c2)CC1. The number of carbonyl (C=O) groups excluding carboxylic acids is 1. The van der Waals surface area contributed by atoms with Gasteiger partial charge in [-0.25, -0.2) is 0 Å². The van der Waals surface area contributed by atoms with Gasteiger partial charge in [0.05, 0.1) is 17.4 Å². The number of hydrogen-bond donors (Lipinski definition) is 1. The van der Waals surface area contributed by atoms with E-state index in [0.29, 0.717) is 5.56 Å². The van der Waals surface area contributed by atoms with Crippen molar-refractivity contribution < 1.29 is 4.79 Å². The number of amides is 1. The largest absolute Gasteiger partial charge is 0.354 e. The number of nitrogens with zero attached hydrogens (tertiary/aromatic N) is 3. The highest BCUT2D eigenvalue weighted by Gasteiger charge is 2.21. The van der Waals surface area contributed by atoms with Crippen LogP contribution in [0.4, 0.5) is 11.4 Å². The zero-order valence-electron chi connectivity index (χ0n) is 14.3. The van der Waals surface area contributed by atoms with E-state index in [4.69, 9.17) is 0 Å². The molecule has 1 aromatic carbocycles. The van der Waals surface area contributed by atoms with Crippen molar-refractivity contribution in [2.24, 2.45) is 0 Å². The maximum Gasteiger partial charge on any atom is 0.255 e. The van der Waals surface area contributed by atoms with Crippen molar-refractivity contribution in [3.05, 3.63) is 53.9 Å². The van der Waals surface area contributed by atoms with Gasteiger partial charge in [-0.2, -0.15) is 0 Å². The first-order valence-corrected chi connectivity index (χ1v) is 8.46. The van der Waals surface area contributed by atoms with Crippen LogP contribution in [0.5, 0.6) is 0 Å². The summed E-state index contributed by atoms with van der Waals surface area (Å²) in [6, 6.07) is 10.0. The molecular weight excluding hydrogens is 300 g/mol. The Kier molecular flexibility index (Phi) is 5.11. The third kappa shape index (κ3) is 3.92. The van der Waals surface area contributed by atoms with Crippen LogP contribution >= 0.6 is 0 Å². The quantitative estimate of drug-likeness (QED) is 0.939. The fourth-order valence-corrected chi connectivity index (χ4v) is 2.88. The molecule has 126 valence electrons. The molecule has 0 aliphatic carbocycles. The number of rotatable bonds is 4. The number of aromatic nitrogens is 1. The second-order valence-electron chi connectivity index (χ2n) is 6.18. The van der Waals surface area contributed by atoms with E-state index in [0.717, 1.165) is 44.1 Å². The van der Waals surface area contributed by atoms with Crippen molar-refractivity contribution in [1.82, 2.24) is 14.8 Å². The van der Waals surface area contributed by atoms with Crippen LogP contribution in [0.15, 0.2) is 42.7 Å². The molecule has 0 radical (unpaired) electrons. The Morgan fingerprint density at radius 1 is 1.08 bits per heavy atom. The molecule has 0 saturated carbocycles. The lowest BCUT2D eigenvalue weighted by atomic mass is 10.2. The molecule has 1 fully saturated rings. The van der Waals surface area contributed by atoms with Gasteiger partial charge in [0.25, 0.3) is 5.91 Å². The van der Waals surface area contributed by atoms with Crippen molar-refractivity contribution in [3.63, 3.8) is 0 Å². The number of piperazine rings is 1. The third-order valence-corrected chi connectivity index (χ3v) is 4.43. The van der Waals surface area contributed by atoms with Crippen molar-refractivity contribution in [2.75, 3.05) is 38.0 Å². The third-order valence-electron chi connectivity index (χ3n) is 4.43. The first kappa shape index (κ1) is 16.5. The number of carbonyl (C=O) groups is 1. The summed E-state index contributed by atoms with van der Waals surface area (Å²) in [4.78, 5) is 21.2. The van der Waals surface area contributed by atoms with Gasteiger partial charge in [0, 0.05) is 38.1 Å². The summed E-state index contributed by atoms with van der Waals surface area (Å²) >= 11 is 0. The van der Waals surface area contributed by atoms with Gasteiger partial charge in [0.2, 0.25) is 0 Å². The molecule has 1 saturated heterocycles. The van der Waals surface area contributed by atoms with Crippen molar-refractivity contribution in [1.29, 1.82) is 0 Å². The Balaban J connectivity index is 1.68. The zero-order valence-corrected chi connectivity index (χ0v) is 14.3. The summed E-state index contributed by atoms with van der Waals surface area (Å²) in [5.74, 6) is 0.0609. The van der Waals surface area contributed by atoms with Crippen LogP contribution in [0.25, 0.3) is 0 Å². The Hall–Kier alpha value is -2.40. The van der Waals surface area contributed by atoms with E-state index in [1.54, 1.807) is 12.4 Å². The van der Waals surface area contributed by atoms with Gasteiger partial charge in [-0.05, 0) is 31.7 Å². The second-order valence-corrected chi connectivity index (χ2v) is 6.18. The lowest BCUT2D eigenvalue weighted by Crippen LogP contribution is -2.48. The van der Waals surface area contributed by atoms with Gasteiger partial charge in [-0.15, -0.1) is 0 Å². The number of nitrogens with one attached hydrogen (secondary N) is 1. The molecule has 1 amide bonds. The van der Waals surface area contributed by atoms with Crippen molar-refractivity contribution in [2.45, 2.75) is 13.8 Å². The fourth-order valence-electron chi connectivity index (χ4n) is 2.88. The summed E-state index contributed by atoms with van der Waals surface area (Å²) in [5, 5.41) is 3.30. The number of aryl methyl sites for hydroxylation is 1. The minimum absolute atomic E-state index is 0.0609. The van der Waals surface area contributed by atoms with Gasteiger partial charge in [-0.1, -0.05) is 24.6 Å². The maximum absolute atomic E-state index is 12.7. The first-order chi connectivity index (χ1) is 11.7. The molecule has 1 aromatic heterocycles. The predicted molar refractivity (Wildman–Crippen MR) is 96.7 cm³/mol. The van der Waals surface area contributed by atoms with Gasteiger partial charge in [0.15, 0.2) is 0 Å². The van der Waals surface area contributed by atoms with Crippen LogP contribution in [0.1, 0.15) is 22.8 Å². The lowest BCUT2D eigenvalue weighted by molar-refractivity contribution is 0.0643. The average Bonchev–Trinajstić information content (AvgIpc) is 2.63. The van der Waals surface area contributed by atoms with Gasteiger partial charge >= 0.3 is 0 Å². The standard InChI is InChI=1S/C19H24N4O/c1-3-22-8-10-23(11-9-22)19(24)16-12-18(14-20-13-16)21-17-6-4-15(2)5-7-17/h4-7,12-14,21H,3,8-11H2,1-2H3. The predicted octanol–water partition coefficient (Wildman–Crippen LogP) is 2.91. The maximum atomic E-state index is 12.7. The highest BCUT2D eigenvalue weighted by atomic mass is 16.2. The monoisotopic (exact) mass is 324 g/mol. The van der Waals surface area contributed by atoms with Crippen LogP contribution in [0, 0.1) is 6.92 Å². The van der Waals surface area contributed by atoms with Crippen molar-refractivity contribution >= 4 is 17.3 Å². The minimum Gasteiger partial charge on any atom is -0.354 e. The number of pyridine rings is 1. The molecule has 5 nitrogen and oxygen atoms in total. The molecule has 1 N–H and O–H groups in total. The second kappa shape index (κ2) is 7.45. The molecule has 1 aliphatic heterocycles. The molecule has 1 aliphatic rings. The van der Waals surface area contributed by atoms with Crippen LogP contribution in [-0.2, 0) is 0 Å². The normalized spacial score (nSPS) is 15.3. The zero-order chi connectivity index (χ0) is 16.9. The van der Waals surface area contributed by atoms with E-state index < -0.39 is 0 Å². The molecular formula is C19H24N4O. The summed E-state index contributed by atoms with van der Waals surface area (Å²) in [6.07, 6.45) is 3.39. The van der Waals surface area contributed by atoms with Crippen LogP contribution in [0.2, 0.25) is 0 Å². The summed E-state index contributed by atoms with van der Waals surface area (Å²) in [6.45, 7) is 8.70. The summed E-state index contributed by atoms with van der Waals surface area (Å²) < 4.78 is 0. The Morgan fingerprint density at radius 2 is 1.79 bits per heavy atom. The minimum atomic E-state index is 0.0609. The van der Waals surface area contributed by atoms with E-state index in [1.165, 1.54) is 5.56 Å². The van der Waals surface area contributed by atoms with Crippen LogP contribution in [0.3, 0.4) is 0 Å².